The Hall–Kier alpha value is -2.58. The van der Waals surface area contributed by atoms with Crippen LogP contribution in [-0.2, 0) is 11.2 Å². The van der Waals surface area contributed by atoms with Gasteiger partial charge in [-0.25, -0.2) is 4.98 Å². The first-order valence-electron chi connectivity index (χ1n) is 6.54. The van der Waals surface area contributed by atoms with Gasteiger partial charge in [-0.15, -0.1) is 0 Å². The van der Waals surface area contributed by atoms with Crippen LogP contribution in [0.15, 0.2) is 24.4 Å². The molecule has 7 nitrogen and oxygen atoms in total. The minimum atomic E-state index is -0.828. The molecule has 22 heavy (non-hydrogen) atoms. The van der Waals surface area contributed by atoms with Crippen LogP contribution in [0.5, 0.6) is 11.6 Å². The Morgan fingerprint density at radius 1 is 1.50 bits per heavy atom. The number of rotatable bonds is 2. The Bertz CT molecular complexity index is 753. The van der Waals surface area contributed by atoms with Crippen LogP contribution in [0.3, 0.4) is 0 Å². The normalized spacial score (nSPS) is 17.4. The van der Waals surface area contributed by atoms with Gasteiger partial charge in [0.2, 0.25) is 5.82 Å². The van der Waals surface area contributed by atoms with E-state index in [-0.39, 0.29) is 12.3 Å². The number of nitrogens with two attached hydrogens (primary N) is 1. The Morgan fingerprint density at radius 2 is 2.27 bits per heavy atom. The molecule has 0 spiro atoms. The number of halogens is 1. The summed E-state index contributed by atoms with van der Waals surface area (Å²) in [4.78, 5) is 19.2. The van der Waals surface area contributed by atoms with Crippen LogP contribution in [0.2, 0.25) is 0 Å². The lowest BCUT2D eigenvalue weighted by atomic mass is 9.99. The summed E-state index contributed by atoms with van der Waals surface area (Å²) in [5.74, 6) is -0.740. The van der Waals surface area contributed by atoms with Crippen LogP contribution in [-0.4, -0.2) is 27.1 Å². The summed E-state index contributed by atoms with van der Waals surface area (Å²) in [5, 5.41) is 10.3. The van der Waals surface area contributed by atoms with Crippen molar-refractivity contribution in [1.29, 1.82) is 0 Å². The van der Waals surface area contributed by atoms with Crippen molar-refractivity contribution in [3.63, 3.8) is 0 Å². The average molecular weight is 304 g/mol. The SMILES string of the molecule is Cc1ncc(F)c(Oc2ccc3c(c2)CC(N)C(=O)N3O)n1. The molecule has 2 heterocycles. The number of nitrogens with zero attached hydrogens (tertiary/aromatic N) is 3. The van der Waals surface area contributed by atoms with Crippen molar-refractivity contribution in [2.45, 2.75) is 19.4 Å². The maximum atomic E-state index is 13.6. The van der Waals surface area contributed by atoms with Gasteiger partial charge in [0.05, 0.1) is 17.9 Å². The molecule has 1 aromatic carbocycles. The molecule has 1 amide bonds. The predicted octanol–water partition coefficient (Wildman–Crippen LogP) is 1.32. The molecule has 114 valence electrons. The molecule has 1 atom stereocenters. The van der Waals surface area contributed by atoms with Crippen LogP contribution >= 0.6 is 0 Å². The van der Waals surface area contributed by atoms with Crippen molar-refractivity contribution >= 4 is 11.6 Å². The minimum absolute atomic E-state index is 0.190. The fraction of sp³-hybridized carbons (Fsp3) is 0.214. The molecule has 1 aliphatic rings. The zero-order valence-corrected chi connectivity index (χ0v) is 11.7. The van der Waals surface area contributed by atoms with Gasteiger partial charge in [0.25, 0.3) is 11.8 Å². The number of ether oxygens (including phenoxy) is 1. The van der Waals surface area contributed by atoms with E-state index < -0.39 is 17.8 Å². The molecule has 1 aromatic heterocycles. The first-order valence-corrected chi connectivity index (χ1v) is 6.54. The molecule has 1 unspecified atom stereocenters. The van der Waals surface area contributed by atoms with Gasteiger partial charge in [0.15, 0.2) is 0 Å². The number of carbonyl (C=O) groups is 1. The van der Waals surface area contributed by atoms with E-state index in [0.717, 1.165) is 6.20 Å². The van der Waals surface area contributed by atoms with E-state index in [1.165, 1.54) is 12.1 Å². The molecular formula is C14H13FN4O3. The van der Waals surface area contributed by atoms with E-state index in [9.17, 15) is 14.4 Å². The number of carbonyl (C=O) groups excluding carboxylic acids is 1. The molecule has 3 N–H and O–H groups in total. The fourth-order valence-electron chi connectivity index (χ4n) is 2.21. The molecular weight excluding hydrogens is 291 g/mol. The number of anilines is 1. The van der Waals surface area contributed by atoms with Crippen molar-refractivity contribution in [2.75, 3.05) is 5.06 Å². The number of fused-ring (bicyclic) bond motifs is 1. The number of hydroxylamine groups is 1. The first-order chi connectivity index (χ1) is 10.5. The van der Waals surface area contributed by atoms with E-state index in [2.05, 4.69) is 9.97 Å². The Kier molecular flexibility index (Phi) is 3.47. The second-order valence-electron chi connectivity index (χ2n) is 4.92. The van der Waals surface area contributed by atoms with Gasteiger partial charge in [-0.1, -0.05) is 0 Å². The lowest BCUT2D eigenvalue weighted by molar-refractivity contribution is -0.125. The summed E-state index contributed by atoms with van der Waals surface area (Å²) in [7, 11) is 0. The summed E-state index contributed by atoms with van der Waals surface area (Å²) >= 11 is 0. The zero-order valence-electron chi connectivity index (χ0n) is 11.7. The number of amides is 1. The molecule has 3 rings (SSSR count). The predicted molar refractivity (Wildman–Crippen MR) is 74.2 cm³/mol. The number of aromatic nitrogens is 2. The van der Waals surface area contributed by atoms with Crippen molar-refractivity contribution in [3.05, 3.63) is 41.6 Å². The largest absolute Gasteiger partial charge is 0.436 e. The molecule has 0 saturated carbocycles. The smallest absolute Gasteiger partial charge is 0.267 e. The van der Waals surface area contributed by atoms with Crippen molar-refractivity contribution in [2.24, 2.45) is 5.73 Å². The van der Waals surface area contributed by atoms with Gasteiger partial charge in [0.1, 0.15) is 11.6 Å². The lowest BCUT2D eigenvalue weighted by Gasteiger charge is -2.27. The van der Waals surface area contributed by atoms with Gasteiger partial charge in [-0.2, -0.15) is 14.4 Å². The van der Waals surface area contributed by atoms with E-state index in [1.807, 2.05) is 0 Å². The lowest BCUT2D eigenvalue weighted by Crippen LogP contribution is -2.47. The summed E-state index contributed by atoms with van der Waals surface area (Å²) in [5.41, 5.74) is 6.61. The number of aryl methyl sites for hydroxylation is 1. The first kappa shape index (κ1) is 14.4. The summed E-state index contributed by atoms with van der Waals surface area (Å²) in [6.07, 6.45) is 1.29. The summed E-state index contributed by atoms with van der Waals surface area (Å²) in [6, 6.07) is 3.76. The zero-order chi connectivity index (χ0) is 15.9. The van der Waals surface area contributed by atoms with Gasteiger partial charge < -0.3 is 10.5 Å². The van der Waals surface area contributed by atoms with Crippen molar-refractivity contribution < 1.29 is 19.1 Å². The van der Waals surface area contributed by atoms with Gasteiger partial charge in [-0.05, 0) is 37.1 Å². The molecule has 0 aliphatic carbocycles. The maximum absolute atomic E-state index is 13.6. The molecule has 0 bridgehead atoms. The van der Waals surface area contributed by atoms with E-state index in [4.69, 9.17) is 10.5 Å². The highest BCUT2D eigenvalue weighted by Gasteiger charge is 2.30. The monoisotopic (exact) mass is 304 g/mol. The maximum Gasteiger partial charge on any atom is 0.267 e. The average Bonchev–Trinajstić information content (AvgIpc) is 2.48. The van der Waals surface area contributed by atoms with E-state index in [1.54, 1.807) is 13.0 Å². The third-order valence-corrected chi connectivity index (χ3v) is 3.29. The summed E-state index contributed by atoms with van der Waals surface area (Å²) < 4.78 is 19.0. The number of hydrogen-bond donors (Lipinski definition) is 2. The highest BCUT2D eigenvalue weighted by Crippen LogP contribution is 2.31. The Balaban J connectivity index is 1.93. The second kappa shape index (κ2) is 5.32. The van der Waals surface area contributed by atoms with Crippen LogP contribution in [0.1, 0.15) is 11.4 Å². The molecule has 0 radical (unpaired) electrons. The standard InChI is InChI=1S/C14H13FN4O3/c1-7-17-6-10(15)13(18-7)22-9-2-3-12-8(4-9)5-11(16)14(20)19(12)21/h2-4,6,11,21H,5,16H2,1H3. The molecule has 1 aliphatic heterocycles. The summed E-state index contributed by atoms with van der Waals surface area (Å²) in [6.45, 7) is 1.62. The van der Waals surface area contributed by atoms with Crippen LogP contribution in [0.4, 0.5) is 10.1 Å². The fourth-order valence-corrected chi connectivity index (χ4v) is 2.21. The number of benzene rings is 1. The van der Waals surface area contributed by atoms with Crippen LogP contribution in [0.25, 0.3) is 0 Å². The van der Waals surface area contributed by atoms with Gasteiger partial charge in [-0.3, -0.25) is 10.0 Å². The van der Waals surface area contributed by atoms with Crippen molar-refractivity contribution in [1.82, 2.24) is 9.97 Å². The van der Waals surface area contributed by atoms with Crippen LogP contribution < -0.4 is 15.5 Å². The molecule has 0 fully saturated rings. The quantitative estimate of drug-likeness (QED) is 0.811. The van der Waals surface area contributed by atoms with E-state index in [0.29, 0.717) is 27.9 Å². The number of hydrogen-bond acceptors (Lipinski definition) is 6. The molecule has 8 heteroatoms. The third-order valence-electron chi connectivity index (χ3n) is 3.29. The molecule has 2 aromatic rings. The highest BCUT2D eigenvalue weighted by atomic mass is 19.1. The van der Waals surface area contributed by atoms with E-state index >= 15 is 0 Å². The second-order valence-corrected chi connectivity index (χ2v) is 4.92. The molecule has 0 saturated heterocycles. The van der Waals surface area contributed by atoms with Crippen molar-refractivity contribution in [3.8, 4) is 11.6 Å². The Morgan fingerprint density at radius 3 is 3.05 bits per heavy atom. The van der Waals surface area contributed by atoms with Crippen LogP contribution in [0, 0.1) is 12.7 Å². The van der Waals surface area contributed by atoms with Gasteiger partial charge >= 0.3 is 0 Å². The van der Waals surface area contributed by atoms with Gasteiger partial charge in [0, 0.05) is 0 Å². The Labute approximate surface area is 125 Å². The topological polar surface area (TPSA) is 102 Å². The minimum Gasteiger partial charge on any atom is -0.436 e. The highest BCUT2D eigenvalue weighted by molar-refractivity contribution is 5.98. The third kappa shape index (κ3) is 2.49.